The van der Waals surface area contributed by atoms with E-state index in [-0.39, 0.29) is 11.4 Å². The van der Waals surface area contributed by atoms with E-state index in [9.17, 15) is 4.79 Å². The number of nitrogens with one attached hydrogen (secondary N) is 1. The normalized spacial score (nSPS) is 11.7. The van der Waals surface area contributed by atoms with Crippen molar-refractivity contribution in [2.75, 3.05) is 39.1 Å². The van der Waals surface area contributed by atoms with Gasteiger partial charge in [-0.1, -0.05) is 13.8 Å². The van der Waals surface area contributed by atoms with Crippen LogP contribution in [0.5, 0.6) is 0 Å². The average Bonchev–Trinajstić information content (AvgIpc) is 2.74. The second-order valence-electron chi connectivity index (χ2n) is 5.51. The summed E-state index contributed by atoms with van der Waals surface area (Å²) in [4.78, 5) is 17.9. The van der Waals surface area contributed by atoms with Crippen molar-refractivity contribution in [3.05, 3.63) is 11.1 Å². The number of carbonyl (C=O) groups is 1. The van der Waals surface area contributed by atoms with Crippen molar-refractivity contribution in [1.82, 2.24) is 9.88 Å². The van der Waals surface area contributed by atoms with E-state index in [4.69, 9.17) is 4.74 Å². The third kappa shape index (κ3) is 5.57. The lowest BCUT2D eigenvalue weighted by atomic mass is 9.93. The number of rotatable bonds is 7. The predicted octanol–water partition coefficient (Wildman–Crippen LogP) is 2.32. The number of ether oxygens (including phenoxy) is 1. The number of aromatic nitrogens is 1. The molecule has 1 aromatic rings. The molecule has 1 heterocycles. The summed E-state index contributed by atoms with van der Waals surface area (Å²) in [5.41, 5.74) is 0.513. The summed E-state index contributed by atoms with van der Waals surface area (Å²) in [7, 11) is 4.12. The highest BCUT2D eigenvalue weighted by atomic mass is 32.1. The topological polar surface area (TPSA) is 54.5 Å². The average molecular weight is 285 g/mol. The molecule has 0 radical (unpaired) electrons. The number of anilines is 1. The molecule has 19 heavy (non-hydrogen) atoms. The van der Waals surface area contributed by atoms with Crippen LogP contribution in [0.3, 0.4) is 0 Å². The van der Waals surface area contributed by atoms with E-state index in [1.165, 1.54) is 11.3 Å². The lowest BCUT2D eigenvalue weighted by molar-refractivity contribution is 0.0520. The minimum Gasteiger partial charge on any atom is -0.461 e. The quantitative estimate of drug-likeness (QED) is 0.779. The molecule has 0 amide bonds. The molecule has 0 bridgehead atoms. The zero-order valence-electron chi connectivity index (χ0n) is 12.3. The maximum absolute atomic E-state index is 11.5. The van der Waals surface area contributed by atoms with Crippen LogP contribution in [-0.2, 0) is 4.74 Å². The van der Waals surface area contributed by atoms with Crippen LogP contribution in [-0.4, -0.2) is 49.6 Å². The summed E-state index contributed by atoms with van der Waals surface area (Å²) < 4.78 is 4.91. The van der Waals surface area contributed by atoms with E-state index in [1.54, 1.807) is 12.3 Å². The van der Waals surface area contributed by atoms with Gasteiger partial charge in [-0.3, -0.25) is 0 Å². The molecule has 0 saturated heterocycles. The maximum Gasteiger partial charge on any atom is 0.357 e. The lowest BCUT2D eigenvalue weighted by Gasteiger charge is -2.28. The van der Waals surface area contributed by atoms with Gasteiger partial charge in [0.2, 0.25) is 0 Å². The van der Waals surface area contributed by atoms with Crippen LogP contribution in [0.15, 0.2) is 5.38 Å². The third-order valence-corrected chi connectivity index (χ3v) is 3.25. The van der Waals surface area contributed by atoms with E-state index in [0.717, 1.165) is 18.2 Å². The van der Waals surface area contributed by atoms with E-state index in [0.29, 0.717) is 12.3 Å². The molecule has 0 fully saturated rings. The zero-order chi connectivity index (χ0) is 14.5. The second-order valence-corrected chi connectivity index (χ2v) is 6.37. The number of nitrogens with zero attached hydrogens (tertiary/aromatic N) is 2. The Morgan fingerprint density at radius 3 is 2.79 bits per heavy atom. The Hall–Kier alpha value is -1.14. The molecule has 1 N–H and O–H groups in total. The molecule has 0 unspecified atom stereocenters. The molecule has 0 aromatic carbocycles. The molecular formula is C13H23N3O2S. The summed E-state index contributed by atoms with van der Waals surface area (Å²) in [6.45, 7) is 8.33. The largest absolute Gasteiger partial charge is 0.461 e. The highest BCUT2D eigenvalue weighted by molar-refractivity contribution is 7.13. The molecule has 5 nitrogen and oxygen atoms in total. The van der Waals surface area contributed by atoms with Crippen LogP contribution in [0.1, 0.15) is 31.3 Å². The first-order valence-electron chi connectivity index (χ1n) is 6.35. The van der Waals surface area contributed by atoms with E-state index in [1.807, 2.05) is 0 Å². The smallest absolute Gasteiger partial charge is 0.357 e. The van der Waals surface area contributed by atoms with Crippen molar-refractivity contribution in [3.8, 4) is 0 Å². The van der Waals surface area contributed by atoms with Crippen molar-refractivity contribution in [2.45, 2.75) is 20.8 Å². The number of thiazole rings is 1. The van der Waals surface area contributed by atoms with E-state index < -0.39 is 0 Å². The number of carbonyl (C=O) groups excluding carboxylic acids is 1. The van der Waals surface area contributed by atoms with E-state index >= 15 is 0 Å². The standard InChI is InChI=1S/C13H23N3O2S/c1-6-18-11(17)10-7-19-12(15-10)14-8-13(2,3)9-16(4)5/h7H,6,8-9H2,1-5H3,(H,14,15). The minimum atomic E-state index is -0.362. The Bertz CT molecular complexity index is 416. The van der Waals surface area contributed by atoms with Crippen LogP contribution in [0.2, 0.25) is 0 Å². The summed E-state index contributed by atoms with van der Waals surface area (Å²) >= 11 is 1.43. The Morgan fingerprint density at radius 2 is 2.21 bits per heavy atom. The Kier molecular flexibility index (Phi) is 5.75. The molecule has 0 aliphatic heterocycles. The maximum atomic E-state index is 11.5. The SMILES string of the molecule is CCOC(=O)c1csc(NCC(C)(C)CN(C)C)n1. The molecule has 0 saturated carbocycles. The van der Waals surface area contributed by atoms with Crippen LogP contribution in [0.25, 0.3) is 0 Å². The molecule has 1 rings (SSSR count). The summed E-state index contributed by atoms with van der Waals surface area (Å²) in [5.74, 6) is -0.362. The molecular weight excluding hydrogens is 262 g/mol. The highest BCUT2D eigenvalue weighted by Gasteiger charge is 2.19. The van der Waals surface area contributed by atoms with Crippen molar-refractivity contribution < 1.29 is 9.53 Å². The van der Waals surface area contributed by atoms with Gasteiger partial charge in [0.15, 0.2) is 10.8 Å². The fraction of sp³-hybridized carbons (Fsp3) is 0.692. The van der Waals surface area contributed by atoms with Gasteiger partial charge in [0.1, 0.15) is 0 Å². The van der Waals surface area contributed by atoms with E-state index in [2.05, 4.69) is 43.1 Å². The number of esters is 1. The van der Waals surface area contributed by atoms with Gasteiger partial charge in [-0.05, 0) is 26.4 Å². The molecule has 0 spiro atoms. The van der Waals surface area contributed by atoms with Gasteiger partial charge in [0, 0.05) is 18.5 Å². The fourth-order valence-corrected chi connectivity index (χ4v) is 2.56. The van der Waals surface area contributed by atoms with Crippen molar-refractivity contribution in [3.63, 3.8) is 0 Å². The van der Waals surface area contributed by atoms with Gasteiger partial charge < -0.3 is 15.0 Å². The molecule has 1 aromatic heterocycles. The van der Waals surface area contributed by atoms with Crippen LogP contribution in [0, 0.1) is 5.41 Å². The number of hydrogen-bond acceptors (Lipinski definition) is 6. The monoisotopic (exact) mass is 285 g/mol. The molecule has 0 aliphatic rings. The molecule has 0 aliphatic carbocycles. The first-order valence-corrected chi connectivity index (χ1v) is 7.23. The third-order valence-electron chi connectivity index (χ3n) is 2.45. The van der Waals surface area contributed by atoms with Crippen LogP contribution >= 0.6 is 11.3 Å². The first kappa shape index (κ1) is 15.9. The Morgan fingerprint density at radius 1 is 1.53 bits per heavy atom. The van der Waals surface area contributed by atoms with Gasteiger partial charge >= 0.3 is 5.97 Å². The highest BCUT2D eigenvalue weighted by Crippen LogP contribution is 2.20. The van der Waals surface area contributed by atoms with Gasteiger partial charge in [0.25, 0.3) is 0 Å². The minimum absolute atomic E-state index is 0.138. The van der Waals surface area contributed by atoms with Crippen molar-refractivity contribution >= 4 is 22.4 Å². The predicted molar refractivity (Wildman–Crippen MR) is 78.9 cm³/mol. The molecule has 108 valence electrons. The number of hydrogen-bond donors (Lipinski definition) is 1. The van der Waals surface area contributed by atoms with Crippen LogP contribution < -0.4 is 5.32 Å². The van der Waals surface area contributed by atoms with Gasteiger partial charge in [-0.25, -0.2) is 9.78 Å². The van der Waals surface area contributed by atoms with Crippen molar-refractivity contribution in [1.29, 1.82) is 0 Å². The summed E-state index contributed by atoms with van der Waals surface area (Å²) in [6, 6.07) is 0. The second kappa shape index (κ2) is 6.86. The Balaban J connectivity index is 2.52. The lowest BCUT2D eigenvalue weighted by Crippen LogP contribution is -2.34. The summed E-state index contributed by atoms with van der Waals surface area (Å²) in [5, 5.41) is 5.76. The Labute approximate surface area is 119 Å². The fourth-order valence-electron chi connectivity index (χ4n) is 1.88. The van der Waals surface area contributed by atoms with Gasteiger partial charge in [0.05, 0.1) is 6.61 Å². The van der Waals surface area contributed by atoms with Crippen molar-refractivity contribution in [2.24, 2.45) is 5.41 Å². The summed E-state index contributed by atoms with van der Waals surface area (Å²) in [6.07, 6.45) is 0. The zero-order valence-corrected chi connectivity index (χ0v) is 13.1. The first-order chi connectivity index (χ1) is 8.84. The molecule has 6 heteroatoms. The van der Waals surface area contributed by atoms with Gasteiger partial charge in [-0.2, -0.15) is 0 Å². The van der Waals surface area contributed by atoms with Gasteiger partial charge in [-0.15, -0.1) is 11.3 Å². The van der Waals surface area contributed by atoms with Crippen LogP contribution in [0.4, 0.5) is 5.13 Å². The molecule has 0 atom stereocenters.